The van der Waals surface area contributed by atoms with Crippen LogP contribution in [0.3, 0.4) is 0 Å². The number of amides is 1. The number of benzene rings is 2. The van der Waals surface area contributed by atoms with Crippen molar-refractivity contribution >= 4 is 16.9 Å². The first-order valence-corrected chi connectivity index (χ1v) is 10.1. The highest BCUT2D eigenvalue weighted by atomic mass is 16.1. The molecular formula is C24H19N7O. The lowest BCUT2D eigenvalue weighted by Gasteiger charge is -2.03. The molecule has 3 heterocycles. The molecule has 2 N–H and O–H groups in total. The van der Waals surface area contributed by atoms with E-state index in [1.807, 2.05) is 55.5 Å². The van der Waals surface area contributed by atoms with E-state index in [0.717, 1.165) is 33.5 Å². The quantitative estimate of drug-likeness (QED) is 0.465. The first-order chi connectivity index (χ1) is 15.6. The standard InChI is InChI=1S/C24H19N7O/c1-15-3-2-4-20(28-15)23-22(18-9-10-19-21(13-18)27-12-11-26-19)29-31(30-23)14-16-5-7-17(8-6-16)24(25)32/h2-13H,14H2,1H3,(H2,25,32). The number of carbonyl (C=O) groups is 1. The van der Waals surface area contributed by atoms with Crippen LogP contribution in [0.1, 0.15) is 21.6 Å². The van der Waals surface area contributed by atoms with Crippen molar-refractivity contribution in [2.24, 2.45) is 5.73 Å². The molecule has 2 aromatic carbocycles. The number of aromatic nitrogens is 6. The molecule has 0 aliphatic carbocycles. The number of hydrogen-bond acceptors (Lipinski definition) is 6. The largest absolute Gasteiger partial charge is 0.366 e. The molecular weight excluding hydrogens is 402 g/mol. The van der Waals surface area contributed by atoms with Crippen molar-refractivity contribution in [3.8, 4) is 22.6 Å². The number of nitrogens with zero attached hydrogens (tertiary/aromatic N) is 6. The molecule has 1 amide bonds. The van der Waals surface area contributed by atoms with Gasteiger partial charge in [0.1, 0.15) is 11.4 Å². The first-order valence-electron chi connectivity index (χ1n) is 10.1. The zero-order valence-corrected chi connectivity index (χ0v) is 17.3. The Hall–Kier alpha value is -4.46. The number of hydrogen-bond donors (Lipinski definition) is 1. The maximum Gasteiger partial charge on any atom is 0.248 e. The molecule has 5 rings (SSSR count). The molecule has 0 saturated carbocycles. The summed E-state index contributed by atoms with van der Waals surface area (Å²) in [7, 11) is 0. The molecule has 0 fully saturated rings. The van der Waals surface area contributed by atoms with Crippen LogP contribution in [0.4, 0.5) is 0 Å². The number of primary amides is 1. The van der Waals surface area contributed by atoms with Crippen molar-refractivity contribution in [2.75, 3.05) is 0 Å². The molecule has 0 bridgehead atoms. The van der Waals surface area contributed by atoms with Crippen LogP contribution in [0.5, 0.6) is 0 Å². The minimum atomic E-state index is -0.455. The smallest absolute Gasteiger partial charge is 0.248 e. The number of carbonyl (C=O) groups excluding carboxylic acids is 1. The van der Waals surface area contributed by atoms with Gasteiger partial charge in [-0.25, -0.2) is 0 Å². The Morgan fingerprint density at radius 2 is 1.66 bits per heavy atom. The monoisotopic (exact) mass is 421 g/mol. The fraction of sp³-hybridized carbons (Fsp3) is 0.0833. The lowest BCUT2D eigenvalue weighted by Crippen LogP contribution is -2.11. The van der Waals surface area contributed by atoms with E-state index in [2.05, 4.69) is 15.0 Å². The lowest BCUT2D eigenvalue weighted by molar-refractivity contribution is 0.100. The van der Waals surface area contributed by atoms with Gasteiger partial charge in [-0.1, -0.05) is 24.3 Å². The highest BCUT2D eigenvalue weighted by Gasteiger charge is 2.17. The number of pyridine rings is 1. The molecule has 8 nitrogen and oxygen atoms in total. The summed E-state index contributed by atoms with van der Waals surface area (Å²) >= 11 is 0. The van der Waals surface area contributed by atoms with Gasteiger partial charge in [0.15, 0.2) is 0 Å². The summed E-state index contributed by atoms with van der Waals surface area (Å²) in [6, 6.07) is 18.8. The fourth-order valence-corrected chi connectivity index (χ4v) is 3.51. The van der Waals surface area contributed by atoms with Gasteiger partial charge in [-0.3, -0.25) is 19.7 Å². The van der Waals surface area contributed by atoms with E-state index in [4.69, 9.17) is 15.9 Å². The van der Waals surface area contributed by atoms with Gasteiger partial charge < -0.3 is 5.73 Å². The van der Waals surface area contributed by atoms with Gasteiger partial charge in [0.25, 0.3) is 0 Å². The fourth-order valence-electron chi connectivity index (χ4n) is 3.51. The van der Waals surface area contributed by atoms with Gasteiger partial charge in [0, 0.05) is 29.2 Å². The van der Waals surface area contributed by atoms with Crippen LogP contribution in [0, 0.1) is 6.92 Å². The third-order valence-corrected chi connectivity index (χ3v) is 5.09. The average Bonchev–Trinajstić information content (AvgIpc) is 3.23. The number of nitrogens with two attached hydrogens (primary N) is 1. The highest BCUT2D eigenvalue weighted by Crippen LogP contribution is 2.29. The van der Waals surface area contributed by atoms with Crippen molar-refractivity contribution in [3.05, 3.63) is 89.9 Å². The minimum Gasteiger partial charge on any atom is -0.366 e. The minimum absolute atomic E-state index is 0.436. The molecule has 5 aromatic rings. The Bertz CT molecular complexity index is 1440. The first kappa shape index (κ1) is 19.5. The van der Waals surface area contributed by atoms with Gasteiger partial charge in [-0.2, -0.15) is 15.0 Å². The Balaban J connectivity index is 1.59. The summed E-state index contributed by atoms with van der Waals surface area (Å²) < 4.78 is 0. The zero-order valence-electron chi connectivity index (χ0n) is 17.3. The van der Waals surface area contributed by atoms with E-state index in [1.165, 1.54) is 0 Å². The lowest BCUT2D eigenvalue weighted by atomic mass is 10.1. The van der Waals surface area contributed by atoms with E-state index in [9.17, 15) is 4.79 Å². The van der Waals surface area contributed by atoms with Crippen molar-refractivity contribution in [2.45, 2.75) is 13.5 Å². The van der Waals surface area contributed by atoms with Crippen molar-refractivity contribution < 1.29 is 4.79 Å². The van der Waals surface area contributed by atoms with E-state index in [0.29, 0.717) is 23.5 Å². The molecule has 0 unspecified atom stereocenters. The second kappa shape index (κ2) is 7.99. The van der Waals surface area contributed by atoms with Gasteiger partial charge in [0.05, 0.1) is 23.3 Å². The topological polar surface area (TPSA) is 112 Å². The molecule has 0 radical (unpaired) electrons. The van der Waals surface area contributed by atoms with Crippen LogP contribution in [0.15, 0.2) is 73.1 Å². The van der Waals surface area contributed by atoms with Gasteiger partial charge in [-0.15, -0.1) is 0 Å². The normalized spacial score (nSPS) is 11.0. The number of aryl methyl sites for hydroxylation is 1. The molecule has 8 heteroatoms. The molecule has 0 aliphatic heterocycles. The van der Waals surface area contributed by atoms with E-state index >= 15 is 0 Å². The molecule has 0 aliphatic rings. The maximum atomic E-state index is 11.3. The van der Waals surface area contributed by atoms with Crippen LogP contribution in [0.2, 0.25) is 0 Å². The zero-order chi connectivity index (χ0) is 22.1. The van der Waals surface area contributed by atoms with Crippen LogP contribution in [0.25, 0.3) is 33.7 Å². The predicted molar refractivity (Wildman–Crippen MR) is 121 cm³/mol. The molecule has 0 atom stereocenters. The van der Waals surface area contributed by atoms with E-state index in [-0.39, 0.29) is 0 Å². The van der Waals surface area contributed by atoms with Gasteiger partial charge in [-0.05, 0) is 48.9 Å². The summed E-state index contributed by atoms with van der Waals surface area (Å²) in [5, 5.41) is 9.52. The molecule has 0 saturated heterocycles. The van der Waals surface area contributed by atoms with Crippen molar-refractivity contribution in [3.63, 3.8) is 0 Å². The average molecular weight is 421 g/mol. The number of rotatable bonds is 5. The second-order valence-corrected chi connectivity index (χ2v) is 7.41. The maximum absolute atomic E-state index is 11.3. The Morgan fingerprint density at radius 3 is 2.41 bits per heavy atom. The van der Waals surface area contributed by atoms with Crippen molar-refractivity contribution in [1.29, 1.82) is 0 Å². The number of fused-ring (bicyclic) bond motifs is 1. The van der Waals surface area contributed by atoms with Crippen LogP contribution in [-0.2, 0) is 6.54 Å². The second-order valence-electron chi connectivity index (χ2n) is 7.41. The molecule has 156 valence electrons. The van der Waals surface area contributed by atoms with Crippen LogP contribution in [-0.4, -0.2) is 35.9 Å². The highest BCUT2D eigenvalue weighted by molar-refractivity contribution is 5.92. The SMILES string of the molecule is Cc1cccc(-c2nn(Cc3ccc(C(N)=O)cc3)nc2-c2ccc3nccnc3c2)n1. The van der Waals surface area contributed by atoms with E-state index in [1.54, 1.807) is 29.3 Å². The molecule has 32 heavy (non-hydrogen) atoms. The Labute approximate surface area is 183 Å². The third-order valence-electron chi connectivity index (χ3n) is 5.09. The molecule has 0 spiro atoms. The molecule has 3 aromatic heterocycles. The van der Waals surface area contributed by atoms with Gasteiger partial charge in [0.2, 0.25) is 5.91 Å². The van der Waals surface area contributed by atoms with Gasteiger partial charge >= 0.3 is 0 Å². The Kier molecular flexibility index (Phi) is 4.87. The summed E-state index contributed by atoms with van der Waals surface area (Å²) in [5.41, 5.74) is 12.3. The predicted octanol–water partition coefficient (Wildman–Crippen LogP) is 3.41. The van der Waals surface area contributed by atoms with E-state index < -0.39 is 5.91 Å². The summed E-state index contributed by atoms with van der Waals surface area (Å²) in [5.74, 6) is -0.455. The van der Waals surface area contributed by atoms with Crippen molar-refractivity contribution in [1.82, 2.24) is 29.9 Å². The third kappa shape index (κ3) is 3.81. The summed E-state index contributed by atoms with van der Waals surface area (Å²) in [6.45, 7) is 2.38. The van der Waals surface area contributed by atoms with Crippen LogP contribution >= 0.6 is 0 Å². The Morgan fingerprint density at radius 1 is 0.906 bits per heavy atom. The summed E-state index contributed by atoms with van der Waals surface area (Å²) in [4.78, 5) is 26.4. The van der Waals surface area contributed by atoms with Crippen LogP contribution < -0.4 is 5.73 Å². The summed E-state index contributed by atoms with van der Waals surface area (Å²) in [6.07, 6.45) is 3.34.